The minimum absolute atomic E-state index is 0.563. The molecule has 0 saturated carbocycles. The molecule has 2 heterocycles. The average molecular weight is 1180 g/mol. The van der Waals surface area contributed by atoms with Crippen LogP contribution in [0.5, 0.6) is 0 Å². The molecule has 93 heavy (non-hydrogen) atoms. The van der Waals surface area contributed by atoms with Crippen molar-refractivity contribution in [1.82, 2.24) is 9.13 Å². The molecule has 0 unspecified atom stereocenters. The molecule has 2 nitrogen and oxygen atoms in total. The monoisotopic (exact) mass is 1180 g/mol. The van der Waals surface area contributed by atoms with E-state index in [9.17, 15) is 0 Å². The minimum Gasteiger partial charge on any atom is -0.309 e. The lowest BCUT2D eigenvalue weighted by Crippen LogP contribution is -2.28. The van der Waals surface area contributed by atoms with Crippen LogP contribution in [0.3, 0.4) is 0 Å². The van der Waals surface area contributed by atoms with Gasteiger partial charge in [-0.25, -0.2) is 0 Å². The van der Waals surface area contributed by atoms with E-state index < -0.39 is 5.41 Å². The highest BCUT2D eigenvalue weighted by Crippen LogP contribution is 2.57. The van der Waals surface area contributed by atoms with E-state index in [0.717, 1.165) is 11.4 Å². The Morgan fingerprint density at radius 1 is 0.183 bits per heavy atom. The summed E-state index contributed by atoms with van der Waals surface area (Å²) in [5.74, 6) is 0. The molecule has 0 atom stereocenters. The quantitative estimate of drug-likeness (QED) is 0.122. The second kappa shape index (κ2) is 22.1. The second-order valence-electron chi connectivity index (χ2n) is 24.7. The Morgan fingerprint density at radius 3 is 1.11 bits per heavy atom. The first-order valence-electron chi connectivity index (χ1n) is 32.2. The Morgan fingerprint density at radius 2 is 0.527 bits per heavy atom. The van der Waals surface area contributed by atoms with Crippen LogP contribution in [0.25, 0.3) is 144 Å². The Labute approximate surface area is 541 Å². The molecular formula is C91H60N2. The van der Waals surface area contributed by atoms with Gasteiger partial charge in [0, 0.05) is 32.8 Å². The van der Waals surface area contributed by atoms with Gasteiger partial charge in [-0.15, -0.1) is 0 Å². The second-order valence-corrected chi connectivity index (χ2v) is 24.7. The van der Waals surface area contributed by atoms with Gasteiger partial charge in [-0.1, -0.05) is 297 Å². The normalized spacial score (nSPS) is 12.4. The zero-order valence-electron chi connectivity index (χ0n) is 51.0. The van der Waals surface area contributed by atoms with Gasteiger partial charge >= 0.3 is 0 Å². The highest BCUT2D eigenvalue weighted by atomic mass is 15.0. The van der Waals surface area contributed by atoms with Gasteiger partial charge in [0.05, 0.1) is 33.2 Å². The molecule has 0 bridgehead atoms. The number of fused-ring (bicyclic) bond motifs is 9. The summed E-state index contributed by atoms with van der Waals surface area (Å²) in [7, 11) is 0. The first-order valence-corrected chi connectivity index (χ1v) is 32.2. The van der Waals surface area contributed by atoms with Crippen LogP contribution in [0.4, 0.5) is 0 Å². The highest BCUT2D eigenvalue weighted by molar-refractivity contribution is 6.13. The topological polar surface area (TPSA) is 9.86 Å². The molecule has 18 rings (SSSR count). The van der Waals surface area contributed by atoms with Crippen LogP contribution < -0.4 is 0 Å². The molecule has 0 radical (unpaired) electrons. The van der Waals surface area contributed by atoms with Gasteiger partial charge < -0.3 is 9.13 Å². The summed E-state index contributed by atoms with van der Waals surface area (Å²) in [6.45, 7) is 0. The Balaban J connectivity index is 0.661. The van der Waals surface area contributed by atoms with Crippen molar-refractivity contribution in [3.05, 3.63) is 386 Å². The van der Waals surface area contributed by atoms with Crippen molar-refractivity contribution in [2.75, 3.05) is 0 Å². The maximum Gasteiger partial charge on any atom is 0.0713 e. The number of para-hydroxylation sites is 3. The molecule has 0 fully saturated rings. The first-order chi connectivity index (χ1) is 46.1. The van der Waals surface area contributed by atoms with Crippen LogP contribution in [-0.2, 0) is 5.41 Å². The van der Waals surface area contributed by atoms with E-state index in [-0.39, 0.29) is 0 Å². The van der Waals surface area contributed by atoms with Crippen LogP contribution in [0.1, 0.15) is 22.3 Å². The van der Waals surface area contributed by atoms with Crippen molar-refractivity contribution < 1.29 is 0 Å². The van der Waals surface area contributed by atoms with E-state index in [1.807, 2.05) is 0 Å². The van der Waals surface area contributed by atoms with Gasteiger partial charge in [0.2, 0.25) is 0 Å². The Bertz CT molecular complexity index is 5670. The van der Waals surface area contributed by atoms with E-state index in [1.54, 1.807) is 0 Å². The molecule has 1 aliphatic carbocycles. The van der Waals surface area contributed by atoms with E-state index in [4.69, 9.17) is 0 Å². The molecule has 0 saturated heterocycles. The van der Waals surface area contributed by atoms with Crippen LogP contribution in [-0.4, -0.2) is 9.13 Å². The van der Waals surface area contributed by atoms with Gasteiger partial charge in [-0.2, -0.15) is 0 Å². The predicted molar refractivity (Wildman–Crippen MR) is 390 cm³/mol. The number of rotatable bonds is 11. The molecule has 0 spiro atoms. The lowest BCUT2D eigenvalue weighted by molar-refractivity contribution is 0.769. The molecule has 0 amide bonds. The van der Waals surface area contributed by atoms with Crippen molar-refractivity contribution in [3.8, 4) is 100 Å². The van der Waals surface area contributed by atoms with Crippen molar-refractivity contribution in [2.45, 2.75) is 5.41 Å². The van der Waals surface area contributed by atoms with Crippen LogP contribution in [0.2, 0.25) is 0 Å². The zero-order valence-corrected chi connectivity index (χ0v) is 51.0. The molecule has 0 aliphatic heterocycles. The lowest BCUT2D eigenvalue weighted by Gasteiger charge is -2.34. The molecule has 15 aromatic carbocycles. The van der Waals surface area contributed by atoms with Gasteiger partial charge in [-0.3, -0.25) is 0 Å². The first kappa shape index (κ1) is 53.9. The lowest BCUT2D eigenvalue weighted by atomic mass is 9.67. The fourth-order valence-electron chi connectivity index (χ4n) is 15.4. The molecule has 2 aromatic heterocycles. The van der Waals surface area contributed by atoms with Gasteiger partial charge in [0.25, 0.3) is 0 Å². The van der Waals surface area contributed by atoms with Crippen molar-refractivity contribution in [2.24, 2.45) is 0 Å². The average Bonchev–Trinajstić information content (AvgIpc) is 1.56. The summed E-state index contributed by atoms with van der Waals surface area (Å²) < 4.78 is 4.86. The molecule has 0 N–H and O–H groups in total. The number of aromatic nitrogens is 2. The smallest absolute Gasteiger partial charge is 0.0713 e. The Hall–Kier alpha value is -12.1. The third-order valence-electron chi connectivity index (χ3n) is 19.7. The van der Waals surface area contributed by atoms with E-state index in [1.165, 1.54) is 155 Å². The summed E-state index contributed by atoms with van der Waals surface area (Å²) in [6, 6.07) is 135. The van der Waals surface area contributed by atoms with Gasteiger partial charge in [0.1, 0.15) is 0 Å². The maximum atomic E-state index is 2.46. The predicted octanol–water partition coefficient (Wildman–Crippen LogP) is 23.9. The summed E-state index contributed by atoms with van der Waals surface area (Å²) in [5.41, 5.74) is 30.8. The maximum absolute atomic E-state index is 2.46. The number of benzene rings is 15. The number of hydrogen-bond donors (Lipinski definition) is 0. The van der Waals surface area contributed by atoms with Crippen molar-refractivity contribution in [3.63, 3.8) is 0 Å². The standard InChI is InChI=1S/C91H60N2/c1-3-21-61(22-4-1)64-49-53-74(54-50-64)92-87-39-17-12-34-80(87)82-59-69(51-55-89(82)92)70-52-56-90-83(60-70)81-35-13-18-40-88(81)93(90)86-38-16-11-31-77(86)67-47-45-63(46-48-67)62-41-43-65(44-42-62)68-25-19-27-72(57-68)91(84-36-14-9-32-78(84)79-33-10-15-37-85(79)91)73-28-20-26-71(58-73)76-30-8-7-29-75(76)66-23-5-2-6-24-66/h1-60H. The SMILES string of the molecule is c1ccc(-c2ccc(-n3c4ccccc4c4cc(-c5ccc6c(c5)c5ccccc5n6-c5ccccc5-c5ccc(-c6ccc(-c7cccc(C8(c9cccc(-c%10ccccc%10-c%10ccccc%10)c9)c9ccccc9-c9ccccc98)c7)cc6)cc5)ccc43)cc2)cc1. The summed E-state index contributed by atoms with van der Waals surface area (Å²) in [5, 5.41) is 4.94. The van der Waals surface area contributed by atoms with Crippen LogP contribution >= 0.6 is 0 Å². The minimum atomic E-state index is -0.563. The molecule has 17 aromatic rings. The van der Waals surface area contributed by atoms with Crippen LogP contribution in [0, 0.1) is 0 Å². The summed E-state index contributed by atoms with van der Waals surface area (Å²) in [6.07, 6.45) is 0. The third-order valence-corrected chi connectivity index (χ3v) is 19.7. The Kier molecular flexibility index (Phi) is 12.8. The fourth-order valence-corrected chi connectivity index (χ4v) is 15.4. The van der Waals surface area contributed by atoms with Crippen LogP contribution in [0.15, 0.2) is 364 Å². The highest BCUT2D eigenvalue weighted by Gasteiger charge is 2.46. The van der Waals surface area contributed by atoms with Crippen molar-refractivity contribution in [1.29, 1.82) is 0 Å². The molecule has 434 valence electrons. The van der Waals surface area contributed by atoms with E-state index in [2.05, 4.69) is 373 Å². The van der Waals surface area contributed by atoms with E-state index >= 15 is 0 Å². The summed E-state index contributed by atoms with van der Waals surface area (Å²) >= 11 is 0. The van der Waals surface area contributed by atoms with Gasteiger partial charge in [0.15, 0.2) is 0 Å². The van der Waals surface area contributed by atoms with E-state index in [0.29, 0.717) is 0 Å². The van der Waals surface area contributed by atoms with Crippen molar-refractivity contribution >= 4 is 43.6 Å². The number of nitrogens with zero attached hydrogens (tertiary/aromatic N) is 2. The number of hydrogen-bond acceptors (Lipinski definition) is 0. The zero-order chi connectivity index (χ0) is 61.4. The fraction of sp³-hybridized carbons (Fsp3) is 0.0110. The largest absolute Gasteiger partial charge is 0.309 e. The van der Waals surface area contributed by atoms with Gasteiger partial charge in [-0.05, 0) is 172 Å². The molecule has 2 heteroatoms. The molecule has 1 aliphatic rings. The third kappa shape index (κ3) is 8.86. The summed E-state index contributed by atoms with van der Waals surface area (Å²) in [4.78, 5) is 0. The molecular weight excluding hydrogens is 1120 g/mol.